The Bertz CT molecular complexity index is 722. The Morgan fingerprint density at radius 1 is 1.08 bits per heavy atom. The second-order valence-electron chi connectivity index (χ2n) is 5.12. The molecule has 2 amide bonds. The van der Waals surface area contributed by atoms with Gasteiger partial charge in [-0.1, -0.05) is 29.8 Å². The quantitative estimate of drug-likeness (QED) is 0.629. The second kappa shape index (κ2) is 8.47. The fourth-order valence-electron chi connectivity index (χ4n) is 1.88. The van der Waals surface area contributed by atoms with Crippen LogP contribution in [-0.2, 0) is 4.79 Å². The molecule has 2 aromatic rings. The van der Waals surface area contributed by atoms with Crippen LogP contribution in [0, 0.1) is 6.92 Å². The van der Waals surface area contributed by atoms with E-state index in [9.17, 15) is 9.59 Å². The first-order chi connectivity index (χ1) is 11.6. The van der Waals surface area contributed by atoms with Crippen molar-refractivity contribution in [3.05, 3.63) is 65.2 Å². The molecule has 0 saturated heterocycles. The normalized spacial score (nSPS) is 10.4. The Kier molecular flexibility index (Phi) is 6.08. The van der Waals surface area contributed by atoms with E-state index >= 15 is 0 Å². The fraction of sp³-hybridized carbons (Fsp3) is 0.167. The van der Waals surface area contributed by atoms with Crippen molar-refractivity contribution in [2.45, 2.75) is 6.92 Å². The van der Waals surface area contributed by atoms with Gasteiger partial charge in [0.05, 0.1) is 19.9 Å². The van der Waals surface area contributed by atoms with Gasteiger partial charge >= 0.3 is 0 Å². The maximum atomic E-state index is 11.9. The van der Waals surface area contributed by atoms with Crippen LogP contribution in [0.25, 0.3) is 0 Å². The first-order valence-electron chi connectivity index (χ1n) is 7.39. The van der Waals surface area contributed by atoms with Crippen LogP contribution in [-0.4, -0.2) is 31.7 Å². The number of hydrogen-bond acceptors (Lipinski definition) is 4. The zero-order chi connectivity index (χ0) is 17.4. The molecule has 0 spiro atoms. The van der Waals surface area contributed by atoms with Gasteiger partial charge in [0.15, 0.2) is 0 Å². The number of nitrogens with one attached hydrogen (secondary N) is 2. The molecular weight excluding hydrogens is 306 g/mol. The topological polar surface area (TPSA) is 79.8 Å². The number of carbonyl (C=O) groups excluding carboxylic acids is 2. The second-order valence-corrected chi connectivity index (χ2v) is 5.12. The third-order valence-corrected chi connectivity index (χ3v) is 3.24. The number of methoxy groups -OCH3 is 1. The molecule has 2 aromatic carbocycles. The van der Waals surface area contributed by atoms with Crippen LogP contribution in [0.1, 0.15) is 21.5 Å². The summed E-state index contributed by atoms with van der Waals surface area (Å²) in [6.45, 7) is 1.84. The number of hydrogen-bond donors (Lipinski definition) is 2. The van der Waals surface area contributed by atoms with Crippen molar-refractivity contribution >= 4 is 18.0 Å². The van der Waals surface area contributed by atoms with Crippen molar-refractivity contribution in [3.8, 4) is 5.75 Å². The molecule has 6 nitrogen and oxygen atoms in total. The van der Waals surface area contributed by atoms with E-state index in [1.54, 1.807) is 37.6 Å². The van der Waals surface area contributed by atoms with E-state index in [1.165, 1.54) is 0 Å². The SMILES string of the molecule is COc1ccc(C(=O)NCC(=O)NN=Cc2ccc(C)cc2)cc1. The number of benzene rings is 2. The van der Waals surface area contributed by atoms with Crippen LogP contribution >= 0.6 is 0 Å². The molecule has 24 heavy (non-hydrogen) atoms. The summed E-state index contributed by atoms with van der Waals surface area (Å²) in [5, 5.41) is 6.38. The Hall–Kier alpha value is -3.15. The van der Waals surface area contributed by atoms with Gasteiger partial charge in [0.25, 0.3) is 11.8 Å². The highest BCUT2D eigenvalue weighted by Crippen LogP contribution is 2.10. The molecule has 6 heteroatoms. The molecule has 0 unspecified atom stereocenters. The summed E-state index contributed by atoms with van der Waals surface area (Å²) in [4.78, 5) is 23.6. The Morgan fingerprint density at radius 2 is 1.75 bits per heavy atom. The van der Waals surface area contributed by atoms with E-state index in [0.29, 0.717) is 11.3 Å². The molecule has 0 aromatic heterocycles. The number of nitrogens with zero attached hydrogens (tertiary/aromatic N) is 1. The van der Waals surface area contributed by atoms with E-state index in [0.717, 1.165) is 11.1 Å². The number of hydrazone groups is 1. The summed E-state index contributed by atoms with van der Waals surface area (Å²) in [6, 6.07) is 14.3. The van der Waals surface area contributed by atoms with Gasteiger partial charge in [0.2, 0.25) is 0 Å². The van der Waals surface area contributed by atoms with E-state index in [1.807, 2.05) is 31.2 Å². The van der Waals surface area contributed by atoms with Gasteiger partial charge in [-0.2, -0.15) is 5.10 Å². The lowest BCUT2D eigenvalue weighted by molar-refractivity contribution is -0.120. The average Bonchev–Trinajstić information content (AvgIpc) is 2.61. The number of ether oxygens (including phenoxy) is 1. The monoisotopic (exact) mass is 325 g/mol. The van der Waals surface area contributed by atoms with Crippen molar-refractivity contribution in [2.24, 2.45) is 5.10 Å². The fourth-order valence-corrected chi connectivity index (χ4v) is 1.88. The molecule has 124 valence electrons. The summed E-state index contributed by atoms with van der Waals surface area (Å²) in [5.41, 5.74) is 4.85. The van der Waals surface area contributed by atoms with Crippen molar-refractivity contribution in [1.82, 2.24) is 10.7 Å². The lowest BCUT2D eigenvalue weighted by Gasteiger charge is -2.05. The minimum Gasteiger partial charge on any atom is -0.497 e. The highest BCUT2D eigenvalue weighted by molar-refractivity contribution is 5.96. The van der Waals surface area contributed by atoms with Crippen LogP contribution in [0.5, 0.6) is 5.75 Å². The zero-order valence-corrected chi connectivity index (χ0v) is 13.6. The van der Waals surface area contributed by atoms with Gasteiger partial charge in [0, 0.05) is 5.56 Å². The summed E-state index contributed by atoms with van der Waals surface area (Å²) >= 11 is 0. The predicted molar refractivity (Wildman–Crippen MR) is 92.2 cm³/mol. The molecule has 0 heterocycles. The first-order valence-corrected chi connectivity index (χ1v) is 7.39. The van der Waals surface area contributed by atoms with Crippen molar-refractivity contribution in [1.29, 1.82) is 0 Å². The summed E-state index contributed by atoms with van der Waals surface area (Å²) in [6.07, 6.45) is 1.54. The van der Waals surface area contributed by atoms with Gasteiger partial charge in [0.1, 0.15) is 5.75 Å². The lowest BCUT2D eigenvalue weighted by atomic mass is 10.2. The number of amides is 2. The lowest BCUT2D eigenvalue weighted by Crippen LogP contribution is -2.34. The maximum absolute atomic E-state index is 11.9. The molecule has 0 aliphatic heterocycles. The largest absolute Gasteiger partial charge is 0.497 e. The predicted octanol–water partition coefficient (Wildman–Crippen LogP) is 1.88. The van der Waals surface area contributed by atoms with E-state index in [2.05, 4.69) is 15.8 Å². The van der Waals surface area contributed by atoms with Crippen LogP contribution in [0.2, 0.25) is 0 Å². The molecule has 0 aliphatic carbocycles. The zero-order valence-electron chi connectivity index (χ0n) is 13.6. The number of carbonyl (C=O) groups is 2. The molecule has 2 rings (SSSR count). The van der Waals surface area contributed by atoms with Gasteiger partial charge in [-0.15, -0.1) is 0 Å². The average molecular weight is 325 g/mol. The van der Waals surface area contributed by atoms with E-state index in [4.69, 9.17) is 4.74 Å². The molecular formula is C18H19N3O3. The molecule has 2 N–H and O–H groups in total. The molecule has 0 radical (unpaired) electrons. The maximum Gasteiger partial charge on any atom is 0.259 e. The van der Waals surface area contributed by atoms with Crippen LogP contribution in [0.4, 0.5) is 0 Å². The van der Waals surface area contributed by atoms with Crippen LogP contribution in [0.3, 0.4) is 0 Å². The van der Waals surface area contributed by atoms with Crippen molar-refractivity contribution in [2.75, 3.05) is 13.7 Å². The van der Waals surface area contributed by atoms with Crippen molar-refractivity contribution in [3.63, 3.8) is 0 Å². The Balaban J connectivity index is 1.77. The van der Waals surface area contributed by atoms with Gasteiger partial charge < -0.3 is 10.1 Å². The third-order valence-electron chi connectivity index (χ3n) is 3.24. The summed E-state index contributed by atoms with van der Waals surface area (Å²) < 4.78 is 5.02. The third kappa shape index (κ3) is 5.24. The smallest absolute Gasteiger partial charge is 0.259 e. The number of aryl methyl sites for hydroxylation is 1. The molecule has 0 aliphatic rings. The van der Waals surface area contributed by atoms with Crippen LogP contribution < -0.4 is 15.5 Å². The standard InChI is InChI=1S/C18H19N3O3/c1-13-3-5-14(6-4-13)11-20-21-17(22)12-19-18(23)15-7-9-16(24-2)10-8-15/h3-11H,12H2,1-2H3,(H,19,23)(H,21,22). The van der Waals surface area contributed by atoms with Crippen LogP contribution in [0.15, 0.2) is 53.6 Å². The highest BCUT2D eigenvalue weighted by Gasteiger charge is 2.07. The molecule has 0 saturated carbocycles. The Labute approximate surface area is 140 Å². The van der Waals surface area contributed by atoms with Gasteiger partial charge in [-0.05, 0) is 36.8 Å². The highest BCUT2D eigenvalue weighted by atomic mass is 16.5. The Morgan fingerprint density at radius 3 is 2.38 bits per heavy atom. The minimum atomic E-state index is -0.403. The van der Waals surface area contributed by atoms with Crippen molar-refractivity contribution < 1.29 is 14.3 Å². The molecule has 0 fully saturated rings. The molecule has 0 bridgehead atoms. The van der Waals surface area contributed by atoms with Gasteiger partial charge in [-0.3, -0.25) is 9.59 Å². The van der Waals surface area contributed by atoms with E-state index in [-0.39, 0.29) is 12.5 Å². The first kappa shape index (κ1) is 17.2. The number of rotatable bonds is 6. The summed E-state index contributed by atoms with van der Waals surface area (Å²) in [5.74, 6) is -0.0784. The summed E-state index contributed by atoms with van der Waals surface area (Å²) in [7, 11) is 1.55. The van der Waals surface area contributed by atoms with Gasteiger partial charge in [-0.25, -0.2) is 5.43 Å². The minimum absolute atomic E-state index is 0.157. The molecule has 0 atom stereocenters. The van der Waals surface area contributed by atoms with E-state index < -0.39 is 5.91 Å².